The normalized spacial score (nSPS) is 18.9. The minimum absolute atomic E-state index is 0.0710. The Kier molecular flexibility index (Phi) is 2.87. The van der Waals surface area contributed by atoms with Gasteiger partial charge in [-0.15, -0.1) is 0 Å². The molecule has 1 atom stereocenters. The van der Waals surface area contributed by atoms with Gasteiger partial charge in [0.05, 0.1) is 24.2 Å². The van der Waals surface area contributed by atoms with Crippen molar-refractivity contribution in [2.24, 2.45) is 0 Å². The lowest BCUT2D eigenvalue weighted by atomic mass is 10.2. The van der Waals surface area contributed by atoms with Crippen molar-refractivity contribution in [2.75, 3.05) is 20.2 Å². The lowest BCUT2D eigenvalue weighted by Crippen LogP contribution is -2.22. The molecule has 6 nitrogen and oxygen atoms in total. The molecular weight excluding hydrogens is 248 g/mol. The van der Waals surface area contributed by atoms with E-state index in [1.54, 1.807) is 22.8 Å². The van der Waals surface area contributed by atoms with Gasteiger partial charge in [0.1, 0.15) is 0 Å². The monoisotopic (exact) mass is 262 g/mol. The molecule has 1 aliphatic rings. The van der Waals surface area contributed by atoms with Crippen LogP contribution in [0.5, 0.6) is 0 Å². The summed E-state index contributed by atoms with van der Waals surface area (Å²) < 4.78 is 11.5. The highest BCUT2D eigenvalue weighted by Crippen LogP contribution is 2.22. The molecule has 1 fully saturated rings. The Balaban J connectivity index is 2.17. The minimum atomic E-state index is -0.424. The number of fused-ring (bicyclic) bond motifs is 1. The average molecular weight is 262 g/mol. The third kappa shape index (κ3) is 1.94. The number of hydrogen-bond acceptors (Lipinski definition) is 5. The van der Waals surface area contributed by atoms with Crippen LogP contribution in [0.25, 0.3) is 11.1 Å². The summed E-state index contributed by atoms with van der Waals surface area (Å²) in [5.74, 6) is -0.808. The first-order chi connectivity index (χ1) is 9.20. The Hall–Kier alpha value is -2.08. The Morgan fingerprint density at radius 1 is 1.53 bits per heavy atom. The quantitative estimate of drug-likeness (QED) is 0.814. The standard InChI is InChI=1S/C13H14N2O4/c1-18-12(16)8-2-3-11-10(6-8)15(13(17)19-11)9-4-5-14-7-9/h2-3,6,9,14H,4-5,7H2,1H3. The molecule has 0 radical (unpaired) electrons. The van der Waals surface area contributed by atoms with Crippen LogP contribution < -0.4 is 11.1 Å². The second-order valence-electron chi connectivity index (χ2n) is 4.56. The molecule has 1 N–H and O–H groups in total. The van der Waals surface area contributed by atoms with Crippen molar-refractivity contribution in [3.05, 3.63) is 34.3 Å². The third-order valence-electron chi connectivity index (χ3n) is 3.43. The lowest BCUT2D eigenvalue weighted by Gasteiger charge is -2.09. The fourth-order valence-electron chi connectivity index (χ4n) is 2.48. The number of hydrogen-bond donors (Lipinski definition) is 1. The van der Waals surface area contributed by atoms with E-state index in [4.69, 9.17) is 4.42 Å². The van der Waals surface area contributed by atoms with Crippen molar-refractivity contribution >= 4 is 17.1 Å². The van der Waals surface area contributed by atoms with Gasteiger partial charge in [-0.2, -0.15) is 0 Å². The number of carbonyl (C=O) groups is 1. The Labute approximate surface area is 109 Å². The van der Waals surface area contributed by atoms with Gasteiger partial charge in [0.25, 0.3) is 0 Å². The number of ether oxygens (including phenoxy) is 1. The highest BCUT2D eigenvalue weighted by Gasteiger charge is 2.22. The topological polar surface area (TPSA) is 73.5 Å². The average Bonchev–Trinajstić information content (AvgIpc) is 3.02. The molecule has 6 heteroatoms. The Morgan fingerprint density at radius 3 is 3.05 bits per heavy atom. The first-order valence-electron chi connectivity index (χ1n) is 6.15. The summed E-state index contributed by atoms with van der Waals surface area (Å²) in [4.78, 5) is 23.5. The van der Waals surface area contributed by atoms with Crippen LogP contribution in [0.1, 0.15) is 22.8 Å². The number of aromatic nitrogens is 1. The van der Waals surface area contributed by atoms with Gasteiger partial charge >= 0.3 is 11.7 Å². The zero-order valence-corrected chi connectivity index (χ0v) is 10.5. The zero-order valence-electron chi connectivity index (χ0n) is 10.5. The van der Waals surface area contributed by atoms with Gasteiger partial charge < -0.3 is 14.5 Å². The molecule has 0 saturated carbocycles. The molecule has 2 heterocycles. The highest BCUT2D eigenvalue weighted by molar-refractivity contribution is 5.93. The van der Waals surface area contributed by atoms with Crippen molar-refractivity contribution in [1.29, 1.82) is 0 Å². The van der Waals surface area contributed by atoms with E-state index in [-0.39, 0.29) is 11.8 Å². The fourth-order valence-corrected chi connectivity index (χ4v) is 2.48. The largest absolute Gasteiger partial charge is 0.465 e. The summed E-state index contributed by atoms with van der Waals surface area (Å²) in [7, 11) is 1.33. The summed E-state index contributed by atoms with van der Waals surface area (Å²) in [6, 6.07) is 4.93. The third-order valence-corrected chi connectivity index (χ3v) is 3.43. The maximum absolute atomic E-state index is 11.9. The summed E-state index contributed by atoms with van der Waals surface area (Å²) in [5.41, 5.74) is 1.54. The molecule has 100 valence electrons. The van der Waals surface area contributed by atoms with Crippen LogP contribution >= 0.6 is 0 Å². The molecule has 0 aliphatic carbocycles. The van der Waals surface area contributed by atoms with Crippen molar-refractivity contribution in [3.63, 3.8) is 0 Å². The molecule has 1 aliphatic heterocycles. The number of carbonyl (C=O) groups excluding carboxylic acids is 1. The smallest absolute Gasteiger partial charge is 0.420 e. The van der Waals surface area contributed by atoms with E-state index in [0.717, 1.165) is 19.5 Å². The van der Waals surface area contributed by atoms with Crippen LogP contribution in [0.4, 0.5) is 0 Å². The van der Waals surface area contributed by atoms with Crippen molar-refractivity contribution in [2.45, 2.75) is 12.5 Å². The van der Waals surface area contributed by atoms with Crippen LogP contribution in [0, 0.1) is 0 Å². The summed E-state index contributed by atoms with van der Waals surface area (Å²) in [6.07, 6.45) is 0.872. The molecule has 1 saturated heterocycles. The molecule has 19 heavy (non-hydrogen) atoms. The number of rotatable bonds is 2. The van der Waals surface area contributed by atoms with Crippen molar-refractivity contribution in [3.8, 4) is 0 Å². The van der Waals surface area contributed by atoms with Gasteiger partial charge in [-0.05, 0) is 31.2 Å². The Morgan fingerprint density at radius 2 is 2.37 bits per heavy atom. The number of nitrogens with one attached hydrogen (secondary N) is 1. The highest BCUT2D eigenvalue weighted by atomic mass is 16.5. The van der Waals surface area contributed by atoms with Gasteiger partial charge in [0.2, 0.25) is 0 Å². The molecule has 1 unspecified atom stereocenters. The van der Waals surface area contributed by atoms with E-state index < -0.39 is 5.97 Å². The maximum Gasteiger partial charge on any atom is 0.420 e. The van der Waals surface area contributed by atoms with Crippen LogP contribution in [0.3, 0.4) is 0 Å². The van der Waals surface area contributed by atoms with Gasteiger partial charge in [-0.25, -0.2) is 9.59 Å². The van der Waals surface area contributed by atoms with Crippen molar-refractivity contribution in [1.82, 2.24) is 9.88 Å². The predicted molar refractivity (Wildman–Crippen MR) is 68.3 cm³/mol. The second kappa shape index (κ2) is 4.55. The second-order valence-corrected chi connectivity index (χ2v) is 4.56. The summed E-state index contributed by atoms with van der Waals surface area (Å²) in [5, 5.41) is 3.21. The number of oxazole rings is 1. The molecule has 0 amide bonds. The Bertz CT molecular complexity index is 679. The van der Waals surface area contributed by atoms with E-state index in [9.17, 15) is 9.59 Å². The van der Waals surface area contributed by atoms with Gasteiger partial charge in [0, 0.05) is 6.54 Å². The van der Waals surface area contributed by atoms with Gasteiger partial charge in [-0.1, -0.05) is 0 Å². The van der Waals surface area contributed by atoms with Crippen LogP contribution in [0.2, 0.25) is 0 Å². The van der Waals surface area contributed by atoms with E-state index in [0.29, 0.717) is 16.7 Å². The molecule has 1 aromatic carbocycles. The molecule has 2 aromatic rings. The number of nitrogens with zero attached hydrogens (tertiary/aromatic N) is 1. The van der Waals surface area contributed by atoms with Gasteiger partial charge in [-0.3, -0.25) is 4.57 Å². The van der Waals surface area contributed by atoms with Crippen LogP contribution in [-0.4, -0.2) is 30.7 Å². The number of benzene rings is 1. The summed E-state index contributed by atoms with van der Waals surface area (Å²) in [6.45, 7) is 1.61. The first-order valence-corrected chi connectivity index (χ1v) is 6.15. The molecular formula is C13H14N2O4. The van der Waals surface area contributed by atoms with Crippen molar-refractivity contribution < 1.29 is 13.9 Å². The van der Waals surface area contributed by atoms with Crippen LogP contribution in [0.15, 0.2) is 27.4 Å². The van der Waals surface area contributed by atoms with E-state index in [1.165, 1.54) is 7.11 Å². The zero-order chi connectivity index (χ0) is 13.4. The lowest BCUT2D eigenvalue weighted by molar-refractivity contribution is 0.0601. The fraction of sp³-hybridized carbons (Fsp3) is 0.385. The molecule has 3 rings (SSSR count). The van der Waals surface area contributed by atoms with Gasteiger partial charge in [0.15, 0.2) is 5.58 Å². The molecule has 0 spiro atoms. The first kappa shape index (κ1) is 12.0. The molecule has 0 bridgehead atoms. The molecule has 1 aromatic heterocycles. The minimum Gasteiger partial charge on any atom is -0.465 e. The van der Waals surface area contributed by atoms with Crippen LogP contribution in [-0.2, 0) is 4.74 Å². The van der Waals surface area contributed by atoms with E-state index >= 15 is 0 Å². The SMILES string of the molecule is COC(=O)c1ccc2oc(=O)n(C3CCNC3)c2c1. The summed E-state index contributed by atoms with van der Waals surface area (Å²) >= 11 is 0. The number of methoxy groups -OCH3 is 1. The maximum atomic E-state index is 11.9. The number of esters is 1. The van der Waals surface area contributed by atoms with E-state index in [1.807, 2.05) is 0 Å². The van der Waals surface area contributed by atoms with E-state index in [2.05, 4.69) is 10.1 Å². The predicted octanol–water partition coefficient (Wildman–Crippen LogP) is 0.915.